The molecule has 1 aliphatic rings. The monoisotopic (exact) mass is 221 g/mol. The molecule has 0 saturated heterocycles. The van der Waals surface area contributed by atoms with Crippen LogP contribution < -0.4 is 10.6 Å². The van der Waals surface area contributed by atoms with Crippen molar-refractivity contribution in [2.24, 2.45) is 4.99 Å². The molecule has 1 aromatic heterocycles. The normalized spacial score (nSPS) is 20.1. The van der Waals surface area contributed by atoms with Crippen molar-refractivity contribution >= 4 is 5.96 Å². The molecular formula is C12H19N3O. The number of nitrogens with one attached hydrogen (secondary N) is 2. The number of guanidine groups is 1. The highest BCUT2D eigenvalue weighted by Gasteiger charge is 2.12. The molecular weight excluding hydrogens is 202 g/mol. The van der Waals surface area contributed by atoms with Crippen molar-refractivity contribution in [1.82, 2.24) is 10.6 Å². The third-order valence-electron chi connectivity index (χ3n) is 2.87. The highest BCUT2D eigenvalue weighted by Crippen LogP contribution is 2.03. The highest BCUT2D eigenvalue weighted by atomic mass is 16.3. The van der Waals surface area contributed by atoms with Crippen molar-refractivity contribution < 1.29 is 4.42 Å². The smallest absolute Gasteiger partial charge is 0.191 e. The van der Waals surface area contributed by atoms with Gasteiger partial charge in [-0.05, 0) is 30.9 Å². The van der Waals surface area contributed by atoms with E-state index in [0.717, 1.165) is 38.3 Å². The van der Waals surface area contributed by atoms with E-state index in [9.17, 15) is 0 Å². The Morgan fingerprint density at radius 1 is 1.62 bits per heavy atom. The van der Waals surface area contributed by atoms with E-state index in [0.29, 0.717) is 6.04 Å². The maximum absolute atomic E-state index is 5.02. The minimum absolute atomic E-state index is 0.578. The Labute approximate surface area is 96.1 Å². The van der Waals surface area contributed by atoms with Crippen LogP contribution in [0, 0.1) is 0 Å². The number of rotatable bonds is 4. The van der Waals surface area contributed by atoms with Crippen LogP contribution in [-0.4, -0.2) is 25.1 Å². The van der Waals surface area contributed by atoms with Crippen LogP contribution in [0.1, 0.15) is 25.3 Å². The van der Waals surface area contributed by atoms with Crippen LogP contribution in [0.2, 0.25) is 0 Å². The van der Waals surface area contributed by atoms with E-state index in [1.54, 1.807) is 12.5 Å². The number of hydrogen-bond acceptors (Lipinski definition) is 4. The third-order valence-corrected chi connectivity index (χ3v) is 2.87. The molecule has 0 aromatic carbocycles. The van der Waals surface area contributed by atoms with Gasteiger partial charge in [-0.2, -0.15) is 0 Å². The Kier molecular flexibility index (Phi) is 3.86. The molecule has 0 bridgehead atoms. The molecule has 0 aliphatic carbocycles. The van der Waals surface area contributed by atoms with Gasteiger partial charge in [-0.15, -0.1) is 0 Å². The largest absolute Gasteiger partial charge is 0.472 e. The van der Waals surface area contributed by atoms with Crippen molar-refractivity contribution in [1.29, 1.82) is 0 Å². The molecule has 0 spiro atoms. The van der Waals surface area contributed by atoms with Gasteiger partial charge < -0.3 is 15.1 Å². The minimum atomic E-state index is 0.578. The summed E-state index contributed by atoms with van der Waals surface area (Å²) in [6, 6.07) is 2.57. The minimum Gasteiger partial charge on any atom is -0.472 e. The Hall–Kier alpha value is -1.45. The Morgan fingerprint density at radius 2 is 2.56 bits per heavy atom. The zero-order valence-corrected chi connectivity index (χ0v) is 9.70. The van der Waals surface area contributed by atoms with Crippen molar-refractivity contribution in [2.45, 2.75) is 32.2 Å². The summed E-state index contributed by atoms with van der Waals surface area (Å²) in [7, 11) is 0. The van der Waals surface area contributed by atoms with Gasteiger partial charge >= 0.3 is 0 Å². The molecule has 0 radical (unpaired) electrons. The maximum atomic E-state index is 5.02. The summed E-state index contributed by atoms with van der Waals surface area (Å²) >= 11 is 0. The summed E-state index contributed by atoms with van der Waals surface area (Å²) < 4.78 is 5.02. The highest BCUT2D eigenvalue weighted by molar-refractivity contribution is 5.80. The molecule has 88 valence electrons. The Morgan fingerprint density at radius 3 is 3.31 bits per heavy atom. The molecule has 0 fully saturated rings. The van der Waals surface area contributed by atoms with Gasteiger partial charge in [0.15, 0.2) is 5.96 Å². The average Bonchev–Trinajstić information content (AvgIpc) is 2.82. The molecule has 4 heteroatoms. The lowest BCUT2D eigenvalue weighted by atomic mass is 10.1. The van der Waals surface area contributed by atoms with Crippen LogP contribution in [0.3, 0.4) is 0 Å². The summed E-state index contributed by atoms with van der Waals surface area (Å²) in [6.45, 7) is 4.02. The second kappa shape index (κ2) is 5.58. The van der Waals surface area contributed by atoms with Gasteiger partial charge in [-0.25, -0.2) is 0 Å². The van der Waals surface area contributed by atoms with E-state index in [1.165, 1.54) is 5.56 Å². The number of furan rings is 1. The summed E-state index contributed by atoms with van der Waals surface area (Å²) in [5.41, 5.74) is 1.22. The molecule has 16 heavy (non-hydrogen) atoms. The Balaban J connectivity index is 1.71. The molecule has 1 atom stereocenters. The molecule has 2 N–H and O–H groups in total. The molecule has 0 amide bonds. The molecule has 2 rings (SSSR count). The standard InChI is InChI=1S/C12H19N3O/c1-2-11-4-7-14-12(15-11)13-6-3-10-5-8-16-9-10/h5,8-9,11H,2-4,6-7H2,1H3,(H2,13,14,15). The summed E-state index contributed by atoms with van der Waals surface area (Å²) in [6.07, 6.45) is 6.76. The fraction of sp³-hybridized carbons (Fsp3) is 0.583. The van der Waals surface area contributed by atoms with Crippen LogP contribution in [0.5, 0.6) is 0 Å². The first-order chi connectivity index (χ1) is 7.88. The van der Waals surface area contributed by atoms with Crippen molar-refractivity contribution in [3.8, 4) is 0 Å². The van der Waals surface area contributed by atoms with E-state index >= 15 is 0 Å². The lowest BCUT2D eigenvalue weighted by molar-refractivity contribution is 0.517. The molecule has 1 aliphatic heterocycles. The van der Waals surface area contributed by atoms with Crippen LogP contribution in [-0.2, 0) is 6.42 Å². The number of aliphatic imine (C=N–C) groups is 1. The van der Waals surface area contributed by atoms with Crippen LogP contribution in [0.15, 0.2) is 28.0 Å². The first kappa shape index (κ1) is 11.0. The first-order valence-electron chi connectivity index (χ1n) is 5.94. The molecule has 0 saturated carbocycles. The van der Waals surface area contributed by atoms with Gasteiger partial charge in [0, 0.05) is 19.1 Å². The number of hydrogen-bond donors (Lipinski definition) is 2. The van der Waals surface area contributed by atoms with E-state index in [-0.39, 0.29) is 0 Å². The van der Waals surface area contributed by atoms with Gasteiger partial charge in [0.2, 0.25) is 0 Å². The van der Waals surface area contributed by atoms with Gasteiger partial charge in [0.25, 0.3) is 0 Å². The van der Waals surface area contributed by atoms with Gasteiger partial charge in [-0.3, -0.25) is 4.99 Å². The zero-order valence-electron chi connectivity index (χ0n) is 9.70. The van der Waals surface area contributed by atoms with E-state index in [4.69, 9.17) is 4.42 Å². The molecule has 1 unspecified atom stereocenters. The topological polar surface area (TPSA) is 49.6 Å². The van der Waals surface area contributed by atoms with E-state index < -0.39 is 0 Å². The lowest BCUT2D eigenvalue weighted by Gasteiger charge is -2.24. The summed E-state index contributed by atoms with van der Waals surface area (Å²) in [4.78, 5) is 4.42. The Bertz CT molecular complexity index is 332. The van der Waals surface area contributed by atoms with Gasteiger partial charge in [0.1, 0.15) is 0 Å². The summed E-state index contributed by atoms with van der Waals surface area (Å²) in [5.74, 6) is 0.946. The fourth-order valence-corrected chi connectivity index (χ4v) is 1.82. The van der Waals surface area contributed by atoms with Crippen molar-refractivity contribution in [3.63, 3.8) is 0 Å². The van der Waals surface area contributed by atoms with E-state index in [1.807, 2.05) is 6.07 Å². The van der Waals surface area contributed by atoms with Crippen LogP contribution in [0.25, 0.3) is 0 Å². The molecule has 4 nitrogen and oxygen atoms in total. The predicted octanol–water partition coefficient (Wildman–Crippen LogP) is 1.54. The van der Waals surface area contributed by atoms with E-state index in [2.05, 4.69) is 22.5 Å². The molecule has 1 aromatic rings. The summed E-state index contributed by atoms with van der Waals surface area (Å²) in [5, 5.41) is 6.72. The SMILES string of the molecule is CCC1CCN=C(NCCc2ccoc2)N1. The average molecular weight is 221 g/mol. The van der Waals surface area contributed by atoms with Crippen LogP contribution >= 0.6 is 0 Å². The predicted molar refractivity (Wildman–Crippen MR) is 64.5 cm³/mol. The first-order valence-corrected chi connectivity index (χ1v) is 5.94. The number of nitrogens with zero attached hydrogens (tertiary/aromatic N) is 1. The third kappa shape index (κ3) is 3.02. The van der Waals surface area contributed by atoms with Crippen LogP contribution in [0.4, 0.5) is 0 Å². The van der Waals surface area contributed by atoms with Gasteiger partial charge in [0.05, 0.1) is 12.5 Å². The van der Waals surface area contributed by atoms with Crippen molar-refractivity contribution in [2.75, 3.05) is 13.1 Å². The zero-order chi connectivity index (χ0) is 11.2. The van der Waals surface area contributed by atoms with Gasteiger partial charge in [-0.1, -0.05) is 6.92 Å². The quantitative estimate of drug-likeness (QED) is 0.811. The molecule has 2 heterocycles. The second-order valence-corrected chi connectivity index (χ2v) is 4.08. The van der Waals surface area contributed by atoms with Crippen molar-refractivity contribution in [3.05, 3.63) is 24.2 Å². The lowest BCUT2D eigenvalue weighted by Crippen LogP contribution is -2.46. The fourth-order valence-electron chi connectivity index (χ4n) is 1.82. The second-order valence-electron chi connectivity index (χ2n) is 4.08. The maximum Gasteiger partial charge on any atom is 0.191 e.